The molecular weight excluding hydrogens is 466 g/mol. The second kappa shape index (κ2) is 10.7. The van der Waals surface area contributed by atoms with Crippen molar-refractivity contribution in [2.75, 3.05) is 38.2 Å². The molecule has 0 aliphatic carbocycles. The number of benzene rings is 3. The van der Waals surface area contributed by atoms with Gasteiger partial charge in [-0.1, -0.05) is 30.3 Å². The van der Waals surface area contributed by atoms with E-state index in [0.717, 1.165) is 11.1 Å². The van der Waals surface area contributed by atoms with Gasteiger partial charge in [-0.3, -0.25) is 4.79 Å². The number of hydrogen-bond acceptors (Lipinski definition) is 6. The number of anilines is 1. The fraction of sp³-hybridized carbons (Fsp3) is 0.231. The number of carbonyl (C=O) groups is 1. The molecule has 0 atom stereocenters. The summed E-state index contributed by atoms with van der Waals surface area (Å²) in [5.74, 6) is 0.122. The quantitative estimate of drug-likeness (QED) is 0.541. The molecule has 1 amide bonds. The van der Waals surface area contributed by atoms with Crippen LogP contribution in [0, 0.1) is 18.3 Å². The number of carbonyl (C=O) groups excluding carboxylic acids is 1. The van der Waals surface area contributed by atoms with Crippen LogP contribution in [0.1, 0.15) is 11.1 Å². The number of morpholine rings is 1. The summed E-state index contributed by atoms with van der Waals surface area (Å²) in [4.78, 5) is 12.6. The lowest BCUT2D eigenvalue weighted by molar-refractivity contribution is -0.118. The monoisotopic (exact) mass is 491 g/mol. The molecule has 0 bridgehead atoms. The van der Waals surface area contributed by atoms with Crippen LogP contribution in [0.5, 0.6) is 5.75 Å². The SMILES string of the molecule is Cc1ccc(NC(=O)COc2ccc(-c3ccc(C#N)cc3)cc2)cc1S(=O)(=O)N1CCOCC1. The van der Waals surface area contributed by atoms with Crippen LogP contribution in [0.2, 0.25) is 0 Å². The van der Waals surface area contributed by atoms with Crippen LogP contribution in [0.4, 0.5) is 5.69 Å². The first-order chi connectivity index (χ1) is 16.9. The highest BCUT2D eigenvalue weighted by molar-refractivity contribution is 7.89. The molecule has 0 saturated carbocycles. The number of nitrogens with zero attached hydrogens (tertiary/aromatic N) is 2. The summed E-state index contributed by atoms with van der Waals surface area (Å²) >= 11 is 0. The Morgan fingerprint density at radius 2 is 1.66 bits per heavy atom. The molecule has 1 fully saturated rings. The van der Waals surface area contributed by atoms with Crippen LogP contribution in [-0.2, 0) is 19.6 Å². The smallest absolute Gasteiger partial charge is 0.262 e. The summed E-state index contributed by atoms with van der Waals surface area (Å²) in [5.41, 5.74) is 3.51. The van der Waals surface area contributed by atoms with Gasteiger partial charge < -0.3 is 14.8 Å². The van der Waals surface area contributed by atoms with Crippen LogP contribution < -0.4 is 10.1 Å². The van der Waals surface area contributed by atoms with Crippen molar-refractivity contribution in [1.82, 2.24) is 4.31 Å². The first-order valence-electron chi connectivity index (χ1n) is 11.1. The zero-order chi connectivity index (χ0) is 24.8. The van der Waals surface area contributed by atoms with Crippen molar-refractivity contribution in [2.24, 2.45) is 0 Å². The Morgan fingerprint density at radius 1 is 1.03 bits per heavy atom. The van der Waals surface area contributed by atoms with Gasteiger partial charge in [-0.25, -0.2) is 8.42 Å². The molecule has 1 aliphatic heterocycles. The van der Waals surface area contributed by atoms with E-state index in [4.69, 9.17) is 14.7 Å². The van der Waals surface area contributed by atoms with Crippen LogP contribution in [0.3, 0.4) is 0 Å². The molecular formula is C26H25N3O5S. The molecule has 3 aromatic rings. The molecule has 4 rings (SSSR count). The number of nitrogens with one attached hydrogen (secondary N) is 1. The number of aryl methyl sites for hydroxylation is 1. The number of hydrogen-bond donors (Lipinski definition) is 1. The van der Waals surface area contributed by atoms with Crippen molar-refractivity contribution in [3.63, 3.8) is 0 Å². The lowest BCUT2D eigenvalue weighted by Crippen LogP contribution is -2.40. The Bertz CT molecular complexity index is 1340. The van der Waals surface area contributed by atoms with E-state index in [9.17, 15) is 13.2 Å². The Labute approximate surface area is 204 Å². The third-order valence-electron chi connectivity index (χ3n) is 5.63. The number of nitriles is 1. The van der Waals surface area contributed by atoms with Crippen molar-refractivity contribution in [2.45, 2.75) is 11.8 Å². The van der Waals surface area contributed by atoms with Gasteiger partial charge in [0.15, 0.2) is 6.61 Å². The standard InChI is InChI=1S/C26H25N3O5S/c1-19-2-9-23(16-25(19)35(31,32)29-12-14-33-15-13-29)28-26(30)18-34-24-10-7-22(8-11-24)21-5-3-20(17-27)4-6-21/h2-11,16H,12-15,18H2,1H3,(H,28,30). The highest BCUT2D eigenvalue weighted by atomic mass is 32.2. The maximum atomic E-state index is 13.0. The highest BCUT2D eigenvalue weighted by Gasteiger charge is 2.28. The lowest BCUT2D eigenvalue weighted by Gasteiger charge is -2.26. The molecule has 0 radical (unpaired) electrons. The Morgan fingerprint density at radius 3 is 2.29 bits per heavy atom. The molecule has 1 heterocycles. The maximum Gasteiger partial charge on any atom is 0.262 e. The van der Waals surface area contributed by atoms with Crippen molar-refractivity contribution in [3.05, 3.63) is 77.9 Å². The van der Waals surface area contributed by atoms with E-state index in [-0.39, 0.29) is 11.5 Å². The lowest BCUT2D eigenvalue weighted by atomic mass is 10.0. The Balaban J connectivity index is 1.37. The molecule has 3 aromatic carbocycles. The van der Waals surface area contributed by atoms with E-state index in [2.05, 4.69) is 11.4 Å². The topological polar surface area (TPSA) is 109 Å². The average Bonchev–Trinajstić information content (AvgIpc) is 2.89. The molecule has 1 N–H and O–H groups in total. The Kier molecular flexibility index (Phi) is 7.46. The van der Waals surface area contributed by atoms with Crippen LogP contribution >= 0.6 is 0 Å². The number of amides is 1. The molecule has 1 aliphatic rings. The van der Waals surface area contributed by atoms with Gasteiger partial charge in [0.25, 0.3) is 5.91 Å². The van der Waals surface area contributed by atoms with Gasteiger partial charge in [0.2, 0.25) is 10.0 Å². The molecule has 180 valence electrons. The molecule has 0 unspecified atom stereocenters. The van der Waals surface area contributed by atoms with Crippen molar-refractivity contribution in [1.29, 1.82) is 5.26 Å². The van der Waals surface area contributed by atoms with Gasteiger partial charge in [0.05, 0.1) is 29.7 Å². The summed E-state index contributed by atoms with van der Waals surface area (Å²) in [6.07, 6.45) is 0. The first kappa shape index (κ1) is 24.4. The maximum absolute atomic E-state index is 13.0. The van der Waals surface area contributed by atoms with Crippen molar-refractivity contribution < 1.29 is 22.7 Å². The van der Waals surface area contributed by atoms with E-state index < -0.39 is 15.9 Å². The van der Waals surface area contributed by atoms with Gasteiger partial charge in [0, 0.05) is 18.8 Å². The van der Waals surface area contributed by atoms with Gasteiger partial charge in [-0.05, 0) is 60.0 Å². The molecule has 8 nitrogen and oxygen atoms in total. The molecule has 35 heavy (non-hydrogen) atoms. The number of rotatable bonds is 7. The second-order valence-electron chi connectivity index (χ2n) is 8.05. The molecule has 1 saturated heterocycles. The summed E-state index contributed by atoms with van der Waals surface area (Å²) < 4.78 is 38.3. The van der Waals surface area contributed by atoms with Gasteiger partial charge in [-0.2, -0.15) is 9.57 Å². The van der Waals surface area contributed by atoms with Gasteiger partial charge in [-0.15, -0.1) is 0 Å². The van der Waals surface area contributed by atoms with E-state index >= 15 is 0 Å². The average molecular weight is 492 g/mol. The molecule has 9 heteroatoms. The first-order valence-corrected chi connectivity index (χ1v) is 12.5. The summed E-state index contributed by atoms with van der Waals surface area (Å²) in [7, 11) is -3.68. The third kappa shape index (κ3) is 5.87. The van der Waals surface area contributed by atoms with Crippen molar-refractivity contribution in [3.8, 4) is 22.9 Å². The number of ether oxygens (including phenoxy) is 2. The minimum Gasteiger partial charge on any atom is -0.484 e. The minimum absolute atomic E-state index is 0.163. The van der Waals surface area contributed by atoms with E-state index in [1.54, 1.807) is 43.3 Å². The highest BCUT2D eigenvalue weighted by Crippen LogP contribution is 2.25. The third-order valence-corrected chi connectivity index (χ3v) is 7.67. The van der Waals surface area contributed by atoms with Crippen LogP contribution in [-0.4, -0.2) is 51.5 Å². The van der Waals surface area contributed by atoms with Crippen molar-refractivity contribution >= 4 is 21.6 Å². The van der Waals surface area contributed by atoms with E-state index in [0.29, 0.717) is 48.9 Å². The number of sulfonamides is 1. The molecule has 0 spiro atoms. The normalized spacial score (nSPS) is 14.2. The zero-order valence-corrected chi connectivity index (χ0v) is 20.0. The van der Waals surface area contributed by atoms with Gasteiger partial charge in [0.1, 0.15) is 5.75 Å². The predicted octanol–water partition coefficient (Wildman–Crippen LogP) is 3.57. The summed E-state index contributed by atoms with van der Waals surface area (Å²) in [5, 5.41) is 11.6. The molecule has 0 aromatic heterocycles. The predicted molar refractivity (Wildman–Crippen MR) is 131 cm³/mol. The fourth-order valence-corrected chi connectivity index (χ4v) is 5.37. The van der Waals surface area contributed by atoms with Gasteiger partial charge >= 0.3 is 0 Å². The van der Waals surface area contributed by atoms with Crippen LogP contribution in [0.15, 0.2) is 71.6 Å². The minimum atomic E-state index is -3.68. The largest absolute Gasteiger partial charge is 0.484 e. The fourth-order valence-electron chi connectivity index (χ4n) is 3.71. The van der Waals surface area contributed by atoms with E-state index in [1.807, 2.05) is 24.3 Å². The van der Waals surface area contributed by atoms with Crippen LogP contribution in [0.25, 0.3) is 11.1 Å². The second-order valence-corrected chi connectivity index (χ2v) is 9.95. The van der Waals surface area contributed by atoms with E-state index in [1.165, 1.54) is 10.4 Å². The Hall–Kier alpha value is -3.71. The summed E-state index contributed by atoms with van der Waals surface area (Å²) in [6, 6.07) is 21.4. The zero-order valence-electron chi connectivity index (χ0n) is 19.2. The summed E-state index contributed by atoms with van der Waals surface area (Å²) in [6.45, 7) is 2.83.